The molecule has 7 heteroatoms. The molecule has 0 aliphatic rings. The maximum Gasteiger partial charge on any atom is 0.387 e. The van der Waals surface area contributed by atoms with Crippen molar-refractivity contribution in [2.24, 2.45) is 11.8 Å². The molecular weight excluding hydrogens is 306 g/mol. The number of carbonyl (C=O) groups is 1. The summed E-state index contributed by atoms with van der Waals surface area (Å²) in [4.78, 5) is 11.9. The molecule has 5 nitrogen and oxygen atoms in total. The van der Waals surface area contributed by atoms with Crippen molar-refractivity contribution in [3.05, 3.63) is 24.3 Å². The van der Waals surface area contributed by atoms with E-state index < -0.39 is 12.6 Å². The number of rotatable bonds is 9. The molecule has 0 aromatic heterocycles. The fraction of sp³-hybridized carbons (Fsp3) is 0.562. The van der Waals surface area contributed by atoms with Crippen molar-refractivity contribution >= 4 is 11.7 Å². The molecule has 1 unspecified atom stereocenters. The van der Waals surface area contributed by atoms with E-state index in [4.69, 9.17) is 5.11 Å². The van der Waals surface area contributed by atoms with Gasteiger partial charge in [-0.1, -0.05) is 26.0 Å². The van der Waals surface area contributed by atoms with E-state index in [1.54, 1.807) is 12.1 Å². The van der Waals surface area contributed by atoms with Crippen LogP contribution < -0.4 is 15.4 Å². The van der Waals surface area contributed by atoms with Crippen LogP contribution in [0.4, 0.5) is 19.3 Å². The number of halogens is 2. The largest absolute Gasteiger partial charge is 0.433 e. The van der Waals surface area contributed by atoms with E-state index in [-0.39, 0.29) is 24.0 Å². The number of ether oxygens (including phenoxy) is 1. The van der Waals surface area contributed by atoms with E-state index >= 15 is 0 Å². The Labute approximate surface area is 135 Å². The Morgan fingerprint density at radius 1 is 1.30 bits per heavy atom. The Morgan fingerprint density at radius 2 is 2.00 bits per heavy atom. The van der Waals surface area contributed by atoms with Crippen LogP contribution in [0.5, 0.6) is 5.75 Å². The zero-order chi connectivity index (χ0) is 17.2. The summed E-state index contributed by atoms with van der Waals surface area (Å²) >= 11 is 0. The van der Waals surface area contributed by atoms with E-state index in [2.05, 4.69) is 29.2 Å². The van der Waals surface area contributed by atoms with Crippen LogP contribution in [0.1, 0.15) is 26.7 Å². The fourth-order valence-corrected chi connectivity index (χ4v) is 2.32. The lowest BCUT2D eigenvalue weighted by molar-refractivity contribution is -0.0493. The molecule has 1 aromatic rings. The summed E-state index contributed by atoms with van der Waals surface area (Å²) < 4.78 is 29.0. The van der Waals surface area contributed by atoms with Gasteiger partial charge in [0, 0.05) is 13.2 Å². The molecule has 0 spiro atoms. The van der Waals surface area contributed by atoms with E-state index in [0.717, 1.165) is 6.42 Å². The molecule has 0 aliphatic carbocycles. The highest BCUT2D eigenvalue weighted by Crippen LogP contribution is 2.25. The summed E-state index contributed by atoms with van der Waals surface area (Å²) in [6.07, 6.45) is 1.48. The molecular formula is C16H24F2N2O3. The molecule has 3 N–H and O–H groups in total. The number of urea groups is 1. The van der Waals surface area contributed by atoms with Crippen LogP contribution in [0.3, 0.4) is 0 Å². The van der Waals surface area contributed by atoms with Gasteiger partial charge in [-0.25, -0.2) is 4.79 Å². The second kappa shape index (κ2) is 9.99. The van der Waals surface area contributed by atoms with E-state index in [9.17, 15) is 13.6 Å². The molecule has 0 aliphatic heterocycles. The van der Waals surface area contributed by atoms with Crippen LogP contribution in [-0.4, -0.2) is 30.9 Å². The van der Waals surface area contributed by atoms with Crippen LogP contribution >= 0.6 is 0 Å². The van der Waals surface area contributed by atoms with Gasteiger partial charge in [-0.15, -0.1) is 0 Å². The Hall–Kier alpha value is -1.89. The maximum atomic E-state index is 12.3. The SMILES string of the molecule is CC(C)CC(CCO)CNC(=O)Nc1ccccc1OC(F)F. The lowest BCUT2D eigenvalue weighted by atomic mass is 9.94. The maximum absolute atomic E-state index is 12.3. The number of nitrogens with one attached hydrogen (secondary N) is 2. The predicted molar refractivity (Wildman–Crippen MR) is 84.7 cm³/mol. The fourth-order valence-electron chi connectivity index (χ4n) is 2.32. The van der Waals surface area contributed by atoms with Gasteiger partial charge < -0.3 is 20.5 Å². The number of hydrogen-bond acceptors (Lipinski definition) is 3. The third kappa shape index (κ3) is 7.78. The monoisotopic (exact) mass is 330 g/mol. The number of aliphatic hydroxyl groups is 1. The number of alkyl halides is 2. The van der Waals surface area contributed by atoms with Gasteiger partial charge in [-0.3, -0.25) is 0 Å². The zero-order valence-corrected chi connectivity index (χ0v) is 13.4. The summed E-state index contributed by atoms with van der Waals surface area (Å²) in [5, 5.41) is 14.2. The van der Waals surface area contributed by atoms with Gasteiger partial charge in [0.15, 0.2) is 0 Å². The number of benzene rings is 1. The summed E-state index contributed by atoms with van der Waals surface area (Å²) in [5.41, 5.74) is 0.174. The number of para-hydroxylation sites is 2. The second-order valence-electron chi connectivity index (χ2n) is 5.72. The second-order valence-corrected chi connectivity index (χ2v) is 5.72. The molecule has 0 heterocycles. The minimum absolute atomic E-state index is 0.0613. The Bertz CT molecular complexity index is 484. The average Bonchev–Trinajstić information content (AvgIpc) is 2.46. The number of carbonyl (C=O) groups excluding carboxylic acids is 1. The van der Waals surface area contributed by atoms with Crippen molar-refractivity contribution in [2.75, 3.05) is 18.5 Å². The van der Waals surface area contributed by atoms with E-state index in [1.165, 1.54) is 12.1 Å². The number of anilines is 1. The highest BCUT2D eigenvalue weighted by atomic mass is 19.3. The van der Waals surface area contributed by atoms with Crippen LogP contribution in [-0.2, 0) is 0 Å². The Morgan fingerprint density at radius 3 is 2.61 bits per heavy atom. The smallest absolute Gasteiger partial charge is 0.387 e. The van der Waals surface area contributed by atoms with Crippen LogP contribution in [0.2, 0.25) is 0 Å². The third-order valence-electron chi connectivity index (χ3n) is 3.24. The number of aliphatic hydroxyl groups excluding tert-OH is 1. The van der Waals surface area contributed by atoms with Gasteiger partial charge in [-0.05, 0) is 36.8 Å². The average molecular weight is 330 g/mol. The van der Waals surface area contributed by atoms with E-state index in [1.807, 2.05) is 0 Å². The molecule has 23 heavy (non-hydrogen) atoms. The number of amides is 2. The van der Waals surface area contributed by atoms with Gasteiger partial charge in [0.05, 0.1) is 5.69 Å². The van der Waals surface area contributed by atoms with Crippen molar-refractivity contribution in [1.29, 1.82) is 0 Å². The molecule has 0 radical (unpaired) electrons. The van der Waals surface area contributed by atoms with Crippen molar-refractivity contribution in [2.45, 2.75) is 33.3 Å². The van der Waals surface area contributed by atoms with Crippen LogP contribution in [0.25, 0.3) is 0 Å². The molecule has 2 amide bonds. The quantitative estimate of drug-likeness (QED) is 0.649. The summed E-state index contributed by atoms with van der Waals surface area (Å²) in [7, 11) is 0. The topological polar surface area (TPSA) is 70.6 Å². The predicted octanol–water partition coefficient (Wildman–Crippen LogP) is 3.45. The molecule has 0 bridgehead atoms. The van der Waals surface area contributed by atoms with Gasteiger partial charge in [-0.2, -0.15) is 8.78 Å². The van der Waals surface area contributed by atoms with Gasteiger partial charge in [0.1, 0.15) is 5.75 Å². The minimum Gasteiger partial charge on any atom is -0.433 e. The highest BCUT2D eigenvalue weighted by molar-refractivity contribution is 5.90. The molecule has 0 saturated carbocycles. The van der Waals surface area contributed by atoms with Gasteiger partial charge in [0.25, 0.3) is 0 Å². The zero-order valence-electron chi connectivity index (χ0n) is 13.4. The molecule has 1 rings (SSSR count). The van der Waals surface area contributed by atoms with Crippen LogP contribution in [0, 0.1) is 11.8 Å². The van der Waals surface area contributed by atoms with Gasteiger partial charge >= 0.3 is 12.6 Å². The third-order valence-corrected chi connectivity index (χ3v) is 3.24. The van der Waals surface area contributed by atoms with Crippen molar-refractivity contribution in [3.8, 4) is 5.75 Å². The van der Waals surface area contributed by atoms with Gasteiger partial charge in [0.2, 0.25) is 0 Å². The summed E-state index contributed by atoms with van der Waals surface area (Å²) in [6.45, 7) is 1.65. The van der Waals surface area contributed by atoms with Crippen molar-refractivity contribution in [3.63, 3.8) is 0 Å². The van der Waals surface area contributed by atoms with Crippen molar-refractivity contribution in [1.82, 2.24) is 5.32 Å². The lowest BCUT2D eigenvalue weighted by Crippen LogP contribution is -2.34. The summed E-state index contributed by atoms with van der Waals surface area (Å²) in [5.74, 6) is 0.529. The molecule has 130 valence electrons. The van der Waals surface area contributed by atoms with E-state index in [0.29, 0.717) is 18.9 Å². The first-order chi connectivity index (χ1) is 10.9. The standard InChI is InChI=1S/C16H24F2N2O3/c1-11(2)9-12(7-8-21)10-19-16(22)20-13-5-3-4-6-14(13)23-15(17)18/h3-6,11-12,15,21H,7-10H2,1-2H3,(H2,19,20,22). The molecule has 1 atom stereocenters. The first-order valence-corrected chi connectivity index (χ1v) is 7.62. The van der Waals surface area contributed by atoms with Crippen LogP contribution in [0.15, 0.2) is 24.3 Å². The normalized spacial score (nSPS) is 12.3. The highest BCUT2D eigenvalue weighted by Gasteiger charge is 2.14. The molecule has 0 fully saturated rings. The first-order valence-electron chi connectivity index (χ1n) is 7.62. The summed E-state index contributed by atoms with van der Waals surface area (Å²) in [6, 6.07) is 5.50. The lowest BCUT2D eigenvalue weighted by Gasteiger charge is -2.19. The Balaban J connectivity index is 2.56. The molecule has 1 aromatic carbocycles. The Kier molecular flexibility index (Phi) is 8.32. The molecule has 0 saturated heterocycles. The first kappa shape index (κ1) is 19.2. The minimum atomic E-state index is -2.96. The van der Waals surface area contributed by atoms with Crippen molar-refractivity contribution < 1.29 is 23.4 Å². The number of hydrogen-bond donors (Lipinski definition) is 3.